The summed E-state index contributed by atoms with van der Waals surface area (Å²) < 4.78 is 18.5. The van der Waals surface area contributed by atoms with Crippen LogP contribution in [0.25, 0.3) is 0 Å². The fourth-order valence-electron chi connectivity index (χ4n) is 2.44. The van der Waals surface area contributed by atoms with Gasteiger partial charge in [0.25, 0.3) is 0 Å². The molecule has 19 heavy (non-hydrogen) atoms. The van der Waals surface area contributed by atoms with E-state index in [1.807, 2.05) is 12.1 Å². The molecule has 1 aliphatic rings. The van der Waals surface area contributed by atoms with Crippen LogP contribution in [0.4, 0.5) is 4.39 Å². The summed E-state index contributed by atoms with van der Waals surface area (Å²) in [5, 5.41) is 7.77. The van der Waals surface area contributed by atoms with E-state index < -0.39 is 0 Å². The molecule has 1 saturated heterocycles. The van der Waals surface area contributed by atoms with Gasteiger partial charge in [0.15, 0.2) is 0 Å². The lowest BCUT2D eigenvalue weighted by Gasteiger charge is -2.19. The van der Waals surface area contributed by atoms with Crippen LogP contribution in [-0.4, -0.2) is 19.3 Å². The van der Waals surface area contributed by atoms with Gasteiger partial charge in [0.05, 0.1) is 13.2 Å². The molecule has 0 saturated carbocycles. The topological polar surface area (TPSA) is 21.3 Å². The molecule has 1 aromatic carbocycles. The largest absolute Gasteiger partial charge is 0.379 e. The van der Waals surface area contributed by atoms with Crippen molar-refractivity contribution >= 4 is 11.3 Å². The Balaban J connectivity index is 1.65. The van der Waals surface area contributed by atoms with Crippen molar-refractivity contribution in [1.29, 1.82) is 0 Å². The van der Waals surface area contributed by atoms with Gasteiger partial charge in [-0.25, -0.2) is 4.39 Å². The molecule has 2 nitrogen and oxygen atoms in total. The summed E-state index contributed by atoms with van der Waals surface area (Å²) in [6.45, 7) is 2.27. The number of nitrogens with one attached hydrogen (secondary N) is 1. The maximum atomic E-state index is 13.0. The lowest BCUT2D eigenvalue weighted by molar-refractivity contribution is 0.187. The monoisotopic (exact) mass is 277 g/mol. The molecule has 0 amide bonds. The van der Waals surface area contributed by atoms with Crippen LogP contribution < -0.4 is 5.32 Å². The predicted molar refractivity (Wildman–Crippen MR) is 74.9 cm³/mol. The minimum Gasteiger partial charge on any atom is -0.379 e. The fourth-order valence-corrected chi connectivity index (χ4v) is 3.10. The first-order valence-corrected chi connectivity index (χ1v) is 7.35. The minimum atomic E-state index is -0.189. The average Bonchev–Trinajstić information content (AvgIpc) is 3.08. The summed E-state index contributed by atoms with van der Waals surface area (Å²) in [6.07, 6.45) is 0. The Hall–Kier alpha value is -1.23. The zero-order valence-corrected chi connectivity index (χ0v) is 11.3. The highest BCUT2D eigenvalue weighted by atomic mass is 32.1. The van der Waals surface area contributed by atoms with Gasteiger partial charge in [0, 0.05) is 18.5 Å². The van der Waals surface area contributed by atoms with Crippen molar-refractivity contribution < 1.29 is 9.13 Å². The fraction of sp³-hybridized carbons (Fsp3) is 0.333. The molecule has 1 aromatic heterocycles. The van der Waals surface area contributed by atoms with E-state index in [4.69, 9.17) is 4.74 Å². The van der Waals surface area contributed by atoms with Crippen LogP contribution in [0.15, 0.2) is 41.1 Å². The first-order chi connectivity index (χ1) is 9.33. The molecule has 2 aromatic rings. The van der Waals surface area contributed by atoms with Gasteiger partial charge >= 0.3 is 0 Å². The van der Waals surface area contributed by atoms with Crippen molar-refractivity contribution in [3.63, 3.8) is 0 Å². The molecule has 4 heteroatoms. The van der Waals surface area contributed by atoms with Crippen molar-refractivity contribution in [3.05, 3.63) is 58.0 Å². The second kappa shape index (κ2) is 5.82. The van der Waals surface area contributed by atoms with Crippen molar-refractivity contribution in [2.24, 2.45) is 0 Å². The van der Waals surface area contributed by atoms with E-state index in [0.717, 1.165) is 12.1 Å². The first-order valence-electron chi connectivity index (χ1n) is 6.40. The van der Waals surface area contributed by atoms with Gasteiger partial charge in [-0.2, -0.15) is 11.3 Å². The highest BCUT2D eigenvalue weighted by Gasteiger charge is 2.29. The Morgan fingerprint density at radius 2 is 2.05 bits per heavy atom. The number of ether oxygens (including phenoxy) is 1. The Labute approximate surface area is 116 Å². The van der Waals surface area contributed by atoms with Gasteiger partial charge in [0.2, 0.25) is 0 Å². The third kappa shape index (κ3) is 3.03. The molecule has 1 N–H and O–H groups in total. The molecule has 0 aliphatic carbocycles. The highest BCUT2D eigenvalue weighted by molar-refractivity contribution is 7.07. The number of halogens is 1. The third-order valence-corrected chi connectivity index (χ3v) is 4.26. The molecule has 100 valence electrons. The summed E-state index contributed by atoms with van der Waals surface area (Å²) in [5.74, 6) is 0.115. The predicted octanol–water partition coefficient (Wildman–Crippen LogP) is 3.16. The molecule has 1 fully saturated rings. The molecule has 1 aliphatic heterocycles. The lowest BCUT2D eigenvalue weighted by Crippen LogP contribution is -2.33. The van der Waals surface area contributed by atoms with E-state index in [0.29, 0.717) is 25.2 Å². The van der Waals surface area contributed by atoms with Gasteiger partial charge in [-0.1, -0.05) is 12.1 Å². The second-order valence-corrected chi connectivity index (χ2v) is 5.59. The molecule has 0 spiro atoms. The molecule has 2 atom stereocenters. The summed E-state index contributed by atoms with van der Waals surface area (Å²) in [5.41, 5.74) is 2.44. The smallest absolute Gasteiger partial charge is 0.123 e. The number of hydrogen-bond acceptors (Lipinski definition) is 3. The second-order valence-electron chi connectivity index (χ2n) is 4.81. The van der Waals surface area contributed by atoms with Crippen LogP contribution in [-0.2, 0) is 11.3 Å². The average molecular weight is 277 g/mol. The van der Waals surface area contributed by atoms with Gasteiger partial charge < -0.3 is 10.1 Å². The van der Waals surface area contributed by atoms with Gasteiger partial charge in [0.1, 0.15) is 5.82 Å². The van der Waals surface area contributed by atoms with E-state index in [1.54, 1.807) is 11.3 Å². The Morgan fingerprint density at radius 1 is 1.21 bits per heavy atom. The van der Waals surface area contributed by atoms with Crippen LogP contribution in [0, 0.1) is 5.82 Å². The standard InChI is InChI=1S/C15H16FNOS/c16-13-3-1-12(2-4-13)14-8-18-9-15(14)17-7-11-5-6-19-10-11/h1-6,10,14-15,17H,7-9H2/t14-,15+/m0/s1. The zero-order valence-electron chi connectivity index (χ0n) is 10.5. The molecular weight excluding hydrogens is 261 g/mol. The molecule has 2 heterocycles. The Kier molecular flexibility index (Phi) is 3.92. The van der Waals surface area contributed by atoms with Crippen LogP contribution in [0.1, 0.15) is 17.0 Å². The van der Waals surface area contributed by atoms with Crippen LogP contribution >= 0.6 is 11.3 Å². The van der Waals surface area contributed by atoms with Gasteiger partial charge in [-0.05, 0) is 40.1 Å². The van der Waals surface area contributed by atoms with Gasteiger partial charge in [-0.3, -0.25) is 0 Å². The lowest BCUT2D eigenvalue weighted by atomic mass is 9.94. The highest BCUT2D eigenvalue weighted by Crippen LogP contribution is 2.26. The normalized spacial score (nSPS) is 22.8. The van der Waals surface area contributed by atoms with Gasteiger partial charge in [-0.15, -0.1) is 0 Å². The maximum absolute atomic E-state index is 13.0. The summed E-state index contributed by atoms with van der Waals surface area (Å²) >= 11 is 1.71. The van der Waals surface area contributed by atoms with Crippen LogP contribution in [0.3, 0.4) is 0 Å². The molecule has 0 unspecified atom stereocenters. The van der Waals surface area contributed by atoms with E-state index >= 15 is 0 Å². The van der Waals surface area contributed by atoms with Crippen LogP contribution in [0.2, 0.25) is 0 Å². The van der Waals surface area contributed by atoms with E-state index in [-0.39, 0.29) is 5.82 Å². The summed E-state index contributed by atoms with van der Waals surface area (Å²) in [7, 11) is 0. The molecule has 3 rings (SSSR count). The Bertz CT molecular complexity index is 511. The number of thiophene rings is 1. The Morgan fingerprint density at radius 3 is 2.79 bits per heavy atom. The third-order valence-electron chi connectivity index (χ3n) is 3.53. The quantitative estimate of drug-likeness (QED) is 0.927. The number of hydrogen-bond donors (Lipinski definition) is 1. The van der Waals surface area contributed by atoms with E-state index in [9.17, 15) is 4.39 Å². The van der Waals surface area contributed by atoms with Crippen molar-refractivity contribution in [1.82, 2.24) is 5.32 Å². The van der Waals surface area contributed by atoms with E-state index in [1.165, 1.54) is 17.7 Å². The molecular formula is C15H16FNOS. The minimum absolute atomic E-state index is 0.189. The first kappa shape index (κ1) is 12.8. The summed E-state index contributed by atoms with van der Waals surface area (Å²) in [4.78, 5) is 0. The molecule has 0 bridgehead atoms. The van der Waals surface area contributed by atoms with Crippen molar-refractivity contribution in [2.75, 3.05) is 13.2 Å². The van der Waals surface area contributed by atoms with Crippen LogP contribution in [0.5, 0.6) is 0 Å². The zero-order chi connectivity index (χ0) is 13.1. The van der Waals surface area contributed by atoms with Crippen molar-refractivity contribution in [2.45, 2.75) is 18.5 Å². The number of rotatable bonds is 4. The van der Waals surface area contributed by atoms with Crippen molar-refractivity contribution in [3.8, 4) is 0 Å². The SMILES string of the molecule is Fc1ccc([C@@H]2COC[C@H]2NCc2ccsc2)cc1. The maximum Gasteiger partial charge on any atom is 0.123 e. The summed E-state index contributed by atoms with van der Waals surface area (Å²) in [6, 6.07) is 9.17. The van der Waals surface area contributed by atoms with E-state index in [2.05, 4.69) is 22.1 Å². The molecule has 0 radical (unpaired) electrons. The number of benzene rings is 1.